The summed E-state index contributed by atoms with van der Waals surface area (Å²) in [6.45, 7) is 7.15. The van der Waals surface area contributed by atoms with Crippen LogP contribution in [-0.2, 0) is 10.0 Å². The van der Waals surface area contributed by atoms with Gasteiger partial charge in [0.1, 0.15) is 0 Å². The fraction of sp³-hybridized carbons (Fsp3) is 0.600. The molecule has 0 saturated heterocycles. The molecule has 0 aliphatic heterocycles. The van der Waals surface area contributed by atoms with E-state index in [9.17, 15) is 8.42 Å². The van der Waals surface area contributed by atoms with Crippen LogP contribution in [0.25, 0.3) is 0 Å². The van der Waals surface area contributed by atoms with Crippen molar-refractivity contribution in [1.29, 1.82) is 0 Å². The number of hydrogen-bond acceptors (Lipinski definition) is 4. The first-order chi connectivity index (χ1) is 9.77. The molecule has 1 aromatic rings. The van der Waals surface area contributed by atoms with Gasteiger partial charge in [-0.05, 0) is 45.0 Å². The minimum absolute atomic E-state index is 0.184. The van der Waals surface area contributed by atoms with E-state index in [1.165, 1.54) is 0 Å². The van der Waals surface area contributed by atoms with Crippen molar-refractivity contribution < 1.29 is 8.42 Å². The number of rotatable bonds is 8. The van der Waals surface area contributed by atoms with Gasteiger partial charge < -0.3 is 10.6 Å². The summed E-state index contributed by atoms with van der Waals surface area (Å²) < 4.78 is 27.2. The summed E-state index contributed by atoms with van der Waals surface area (Å²) in [5.74, 6) is 0. The molecule has 0 aromatic heterocycles. The molecule has 21 heavy (non-hydrogen) atoms. The highest BCUT2D eigenvalue weighted by Crippen LogP contribution is 2.15. The molecule has 2 atom stereocenters. The standard InChI is InChI=1S/C15H27N3O2S/c1-5-12(2)18(4)10-9-17-21(19,20)15-8-6-7-14(11-15)13(3)16/h6-8,11-13,17H,5,9-10,16H2,1-4H3. The van der Waals surface area contributed by atoms with Crippen LogP contribution in [0.15, 0.2) is 29.2 Å². The van der Waals surface area contributed by atoms with Crippen molar-refractivity contribution in [2.24, 2.45) is 5.73 Å². The van der Waals surface area contributed by atoms with Crippen molar-refractivity contribution >= 4 is 10.0 Å². The van der Waals surface area contributed by atoms with Gasteiger partial charge in [0.15, 0.2) is 0 Å². The van der Waals surface area contributed by atoms with E-state index in [4.69, 9.17) is 5.73 Å². The van der Waals surface area contributed by atoms with Gasteiger partial charge in [-0.1, -0.05) is 19.1 Å². The lowest BCUT2D eigenvalue weighted by Gasteiger charge is -2.23. The number of benzene rings is 1. The Bertz CT molecular complexity index is 544. The zero-order chi connectivity index (χ0) is 16.0. The van der Waals surface area contributed by atoms with Gasteiger partial charge in [0.05, 0.1) is 4.90 Å². The van der Waals surface area contributed by atoms with E-state index in [2.05, 4.69) is 23.5 Å². The summed E-state index contributed by atoms with van der Waals surface area (Å²) in [7, 11) is -1.48. The second-order valence-corrected chi connectivity index (χ2v) is 7.26. The number of nitrogens with zero attached hydrogens (tertiary/aromatic N) is 1. The van der Waals surface area contributed by atoms with Crippen LogP contribution in [0.2, 0.25) is 0 Å². The highest BCUT2D eigenvalue weighted by atomic mass is 32.2. The third kappa shape index (κ3) is 5.39. The summed E-state index contributed by atoms with van der Waals surface area (Å²) in [4.78, 5) is 2.41. The molecule has 0 amide bonds. The number of hydrogen-bond donors (Lipinski definition) is 2. The zero-order valence-corrected chi connectivity index (χ0v) is 14.2. The van der Waals surface area contributed by atoms with Gasteiger partial charge in [-0.15, -0.1) is 0 Å². The normalized spacial score (nSPS) is 15.1. The van der Waals surface area contributed by atoms with Crippen LogP contribution in [0, 0.1) is 0 Å². The van der Waals surface area contributed by atoms with Crippen molar-refractivity contribution in [3.8, 4) is 0 Å². The van der Waals surface area contributed by atoms with E-state index < -0.39 is 10.0 Å². The smallest absolute Gasteiger partial charge is 0.240 e. The summed E-state index contributed by atoms with van der Waals surface area (Å²) >= 11 is 0. The van der Waals surface area contributed by atoms with E-state index in [1.54, 1.807) is 18.2 Å². The third-order valence-corrected chi connectivity index (χ3v) is 5.25. The van der Waals surface area contributed by atoms with Gasteiger partial charge in [-0.3, -0.25) is 0 Å². The Morgan fingerprint density at radius 2 is 2.00 bits per heavy atom. The van der Waals surface area contributed by atoms with Crippen LogP contribution in [-0.4, -0.2) is 39.5 Å². The first kappa shape index (κ1) is 18.1. The van der Waals surface area contributed by atoms with E-state index in [1.807, 2.05) is 20.0 Å². The minimum Gasteiger partial charge on any atom is -0.324 e. The van der Waals surface area contributed by atoms with Crippen molar-refractivity contribution in [2.75, 3.05) is 20.1 Å². The molecule has 0 saturated carbocycles. The van der Waals surface area contributed by atoms with Gasteiger partial charge >= 0.3 is 0 Å². The summed E-state index contributed by atoms with van der Waals surface area (Å²) in [6, 6.07) is 7.03. The van der Waals surface area contributed by atoms with Crippen LogP contribution in [0.3, 0.4) is 0 Å². The summed E-state index contributed by atoms with van der Waals surface area (Å²) in [5.41, 5.74) is 6.61. The van der Waals surface area contributed by atoms with Crippen LogP contribution in [0.1, 0.15) is 38.8 Å². The number of nitrogens with one attached hydrogen (secondary N) is 1. The molecule has 0 bridgehead atoms. The molecular formula is C15H27N3O2S. The van der Waals surface area contributed by atoms with Crippen molar-refractivity contribution in [3.05, 3.63) is 29.8 Å². The molecule has 1 rings (SSSR count). The molecule has 0 aliphatic rings. The largest absolute Gasteiger partial charge is 0.324 e. The average Bonchev–Trinajstić information content (AvgIpc) is 2.46. The first-order valence-corrected chi connectivity index (χ1v) is 8.81. The van der Waals surface area contributed by atoms with Gasteiger partial charge in [-0.2, -0.15) is 0 Å². The highest BCUT2D eigenvalue weighted by Gasteiger charge is 2.15. The van der Waals surface area contributed by atoms with Crippen LogP contribution >= 0.6 is 0 Å². The fourth-order valence-corrected chi connectivity index (χ4v) is 3.01. The topological polar surface area (TPSA) is 75.4 Å². The molecule has 3 N–H and O–H groups in total. The molecule has 5 nitrogen and oxygen atoms in total. The predicted octanol–water partition coefficient (Wildman–Crippen LogP) is 1.71. The van der Waals surface area contributed by atoms with Crippen LogP contribution in [0.5, 0.6) is 0 Å². The molecule has 0 fully saturated rings. The third-order valence-electron chi connectivity index (χ3n) is 3.79. The summed E-state index contributed by atoms with van der Waals surface area (Å²) in [6.07, 6.45) is 1.04. The maximum Gasteiger partial charge on any atom is 0.240 e. The van der Waals surface area contributed by atoms with E-state index in [-0.39, 0.29) is 10.9 Å². The fourth-order valence-electron chi connectivity index (χ4n) is 1.94. The SMILES string of the molecule is CCC(C)N(C)CCNS(=O)(=O)c1cccc(C(C)N)c1. The van der Waals surface area contributed by atoms with E-state index in [0.29, 0.717) is 19.1 Å². The minimum atomic E-state index is -3.48. The Hall–Kier alpha value is -0.950. The lowest BCUT2D eigenvalue weighted by Crippen LogP contribution is -2.37. The molecule has 0 spiro atoms. The Morgan fingerprint density at radius 3 is 2.57 bits per heavy atom. The van der Waals surface area contributed by atoms with Crippen molar-refractivity contribution in [1.82, 2.24) is 9.62 Å². The lowest BCUT2D eigenvalue weighted by atomic mass is 10.1. The Balaban J connectivity index is 2.68. The Labute approximate surface area is 128 Å². The quantitative estimate of drug-likeness (QED) is 0.766. The lowest BCUT2D eigenvalue weighted by molar-refractivity contribution is 0.256. The second-order valence-electron chi connectivity index (χ2n) is 5.50. The molecule has 0 radical (unpaired) electrons. The van der Waals surface area contributed by atoms with Gasteiger partial charge in [0.2, 0.25) is 10.0 Å². The molecule has 120 valence electrons. The number of sulfonamides is 1. The molecule has 2 unspecified atom stereocenters. The monoisotopic (exact) mass is 313 g/mol. The van der Waals surface area contributed by atoms with Crippen molar-refractivity contribution in [2.45, 2.75) is 44.2 Å². The van der Waals surface area contributed by atoms with Gasteiger partial charge in [0.25, 0.3) is 0 Å². The van der Waals surface area contributed by atoms with Gasteiger partial charge in [-0.25, -0.2) is 13.1 Å². The predicted molar refractivity (Wildman–Crippen MR) is 86.6 cm³/mol. The molecule has 0 heterocycles. The molecule has 0 aliphatic carbocycles. The first-order valence-electron chi connectivity index (χ1n) is 7.33. The Morgan fingerprint density at radius 1 is 1.33 bits per heavy atom. The zero-order valence-electron chi connectivity index (χ0n) is 13.3. The number of nitrogens with two attached hydrogens (primary N) is 1. The van der Waals surface area contributed by atoms with Crippen LogP contribution < -0.4 is 10.5 Å². The highest BCUT2D eigenvalue weighted by molar-refractivity contribution is 7.89. The Kier molecular flexibility index (Phi) is 6.80. The molecule has 6 heteroatoms. The second kappa shape index (κ2) is 7.89. The maximum absolute atomic E-state index is 12.3. The van der Waals surface area contributed by atoms with Crippen molar-refractivity contribution in [3.63, 3.8) is 0 Å². The van der Waals surface area contributed by atoms with E-state index in [0.717, 1.165) is 12.0 Å². The average molecular weight is 313 g/mol. The van der Waals surface area contributed by atoms with Gasteiger partial charge in [0, 0.05) is 25.2 Å². The molecular weight excluding hydrogens is 286 g/mol. The summed E-state index contributed by atoms with van der Waals surface area (Å²) in [5, 5.41) is 0. The van der Waals surface area contributed by atoms with Crippen LogP contribution in [0.4, 0.5) is 0 Å². The van der Waals surface area contributed by atoms with E-state index >= 15 is 0 Å². The maximum atomic E-state index is 12.3. The molecule has 1 aromatic carbocycles. The number of likely N-dealkylation sites (N-methyl/N-ethyl adjacent to an activating group) is 1.